The van der Waals surface area contributed by atoms with Gasteiger partial charge in [-0.15, -0.1) is 11.8 Å². The minimum Gasteiger partial charge on any atom is -0.508 e. The first-order chi connectivity index (χ1) is 8.74. The number of carbonyl (C=O) groups is 1. The van der Waals surface area contributed by atoms with Crippen LogP contribution >= 0.6 is 11.8 Å². The highest BCUT2D eigenvalue weighted by atomic mass is 32.2. The predicted octanol–water partition coefficient (Wildman–Crippen LogP) is 3.09. The Morgan fingerprint density at radius 1 is 1.11 bits per heavy atom. The van der Waals surface area contributed by atoms with E-state index in [0.717, 1.165) is 4.90 Å². The quantitative estimate of drug-likeness (QED) is 0.521. The Morgan fingerprint density at radius 2 is 1.89 bits per heavy atom. The number of hydrogen-bond donors (Lipinski definition) is 1. The molecule has 0 spiro atoms. The number of phenolic OH excluding ortho intramolecular Hbond substituents is 1. The number of phenols is 1. The van der Waals surface area contributed by atoms with Crippen molar-refractivity contribution in [3.8, 4) is 11.5 Å². The summed E-state index contributed by atoms with van der Waals surface area (Å²) < 4.78 is 5.10. The lowest BCUT2D eigenvalue weighted by Gasteiger charge is -2.04. The van der Waals surface area contributed by atoms with Gasteiger partial charge in [0.2, 0.25) is 0 Å². The summed E-state index contributed by atoms with van der Waals surface area (Å²) in [6.45, 7) is 0. The fraction of sp³-hybridized carbons (Fsp3) is 0.0714. The van der Waals surface area contributed by atoms with Crippen LogP contribution < -0.4 is 4.74 Å². The van der Waals surface area contributed by atoms with Gasteiger partial charge in [-0.05, 0) is 24.3 Å². The van der Waals surface area contributed by atoms with E-state index in [-0.39, 0.29) is 17.5 Å². The molecule has 0 radical (unpaired) electrons. The molecule has 0 aliphatic carbocycles. The second kappa shape index (κ2) is 6.12. The van der Waals surface area contributed by atoms with Crippen molar-refractivity contribution in [2.24, 2.45) is 0 Å². The Hall–Kier alpha value is -1.94. The molecular formula is C14H12O3S. The Bertz CT molecular complexity index is 526. The standard InChI is InChI=1S/C14H12O3S/c15-11-5-4-6-12(9-11)17-14(16)10-18-13-7-2-1-3-8-13/h1-9,15H,10H2. The van der Waals surface area contributed by atoms with Crippen molar-refractivity contribution in [3.05, 3.63) is 54.6 Å². The second-order valence-electron chi connectivity index (χ2n) is 3.57. The molecule has 0 heterocycles. The Morgan fingerprint density at radius 3 is 2.61 bits per heavy atom. The van der Waals surface area contributed by atoms with Gasteiger partial charge in [-0.2, -0.15) is 0 Å². The summed E-state index contributed by atoms with van der Waals surface area (Å²) in [6.07, 6.45) is 0. The van der Waals surface area contributed by atoms with Crippen LogP contribution in [0.25, 0.3) is 0 Å². The van der Waals surface area contributed by atoms with Crippen LogP contribution in [0.2, 0.25) is 0 Å². The molecule has 0 bridgehead atoms. The number of rotatable bonds is 4. The van der Waals surface area contributed by atoms with Crippen LogP contribution in [0.4, 0.5) is 0 Å². The molecule has 0 saturated heterocycles. The van der Waals surface area contributed by atoms with Gasteiger partial charge in [0.05, 0.1) is 5.75 Å². The average molecular weight is 260 g/mol. The van der Waals surface area contributed by atoms with Crippen LogP contribution in [0.3, 0.4) is 0 Å². The lowest BCUT2D eigenvalue weighted by atomic mass is 10.3. The molecule has 1 N–H and O–H groups in total. The number of thioether (sulfide) groups is 1. The van der Waals surface area contributed by atoms with E-state index in [4.69, 9.17) is 4.74 Å². The molecule has 0 unspecified atom stereocenters. The third-order valence-corrected chi connectivity index (χ3v) is 3.13. The molecule has 3 nitrogen and oxygen atoms in total. The first-order valence-corrected chi connectivity index (χ1v) is 6.40. The Labute approximate surface area is 109 Å². The molecule has 0 aliphatic rings. The van der Waals surface area contributed by atoms with Crippen molar-refractivity contribution in [2.75, 3.05) is 5.75 Å². The fourth-order valence-corrected chi connectivity index (χ4v) is 2.06. The summed E-state index contributed by atoms with van der Waals surface area (Å²) >= 11 is 1.41. The van der Waals surface area contributed by atoms with E-state index >= 15 is 0 Å². The number of esters is 1. The van der Waals surface area contributed by atoms with Gasteiger partial charge in [-0.3, -0.25) is 4.79 Å². The lowest BCUT2D eigenvalue weighted by Crippen LogP contribution is -2.10. The van der Waals surface area contributed by atoms with E-state index in [1.165, 1.54) is 23.9 Å². The molecule has 2 aromatic carbocycles. The molecule has 0 aromatic heterocycles. The van der Waals surface area contributed by atoms with Crippen molar-refractivity contribution >= 4 is 17.7 Å². The van der Waals surface area contributed by atoms with Gasteiger partial charge in [-0.1, -0.05) is 24.3 Å². The molecule has 18 heavy (non-hydrogen) atoms. The topological polar surface area (TPSA) is 46.5 Å². The normalized spacial score (nSPS) is 10.0. The third kappa shape index (κ3) is 3.82. The van der Waals surface area contributed by atoms with Gasteiger partial charge in [0.15, 0.2) is 0 Å². The van der Waals surface area contributed by atoms with E-state index < -0.39 is 0 Å². The van der Waals surface area contributed by atoms with Crippen LogP contribution in [0.5, 0.6) is 11.5 Å². The van der Waals surface area contributed by atoms with Crippen molar-refractivity contribution in [1.29, 1.82) is 0 Å². The maximum Gasteiger partial charge on any atom is 0.321 e. The van der Waals surface area contributed by atoms with Crippen molar-refractivity contribution in [1.82, 2.24) is 0 Å². The van der Waals surface area contributed by atoms with E-state index in [1.807, 2.05) is 30.3 Å². The molecule has 0 saturated carbocycles. The molecule has 92 valence electrons. The van der Waals surface area contributed by atoms with Gasteiger partial charge in [0.25, 0.3) is 0 Å². The highest BCUT2D eigenvalue weighted by Gasteiger charge is 2.06. The first kappa shape index (κ1) is 12.5. The maximum absolute atomic E-state index is 11.6. The van der Waals surface area contributed by atoms with Crippen LogP contribution in [0, 0.1) is 0 Å². The Kier molecular flexibility index (Phi) is 4.25. The number of benzene rings is 2. The van der Waals surface area contributed by atoms with Gasteiger partial charge in [0, 0.05) is 11.0 Å². The number of hydrogen-bond acceptors (Lipinski definition) is 4. The van der Waals surface area contributed by atoms with Gasteiger partial charge in [0.1, 0.15) is 11.5 Å². The van der Waals surface area contributed by atoms with Crippen LogP contribution in [-0.2, 0) is 4.79 Å². The molecule has 0 aliphatic heterocycles. The predicted molar refractivity (Wildman–Crippen MR) is 70.9 cm³/mol. The molecule has 0 amide bonds. The van der Waals surface area contributed by atoms with E-state index in [2.05, 4.69) is 0 Å². The largest absolute Gasteiger partial charge is 0.508 e. The summed E-state index contributed by atoms with van der Waals surface area (Å²) in [4.78, 5) is 12.6. The summed E-state index contributed by atoms with van der Waals surface area (Å²) in [5.41, 5.74) is 0. The molecule has 2 rings (SSSR count). The smallest absolute Gasteiger partial charge is 0.321 e. The zero-order valence-corrected chi connectivity index (χ0v) is 10.4. The molecule has 0 atom stereocenters. The monoisotopic (exact) mass is 260 g/mol. The van der Waals surface area contributed by atoms with Gasteiger partial charge >= 0.3 is 5.97 Å². The highest BCUT2D eigenvalue weighted by Crippen LogP contribution is 2.20. The summed E-state index contributed by atoms with van der Waals surface area (Å²) in [5.74, 6) is 0.332. The molecule has 4 heteroatoms. The van der Waals surface area contributed by atoms with Crippen molar-refractivity contribution in [3.63, 3.8) is 0 Å². The van der Waals surface area contributed by atoms with Crippen molar-refractivity contribution < 1.29 is 14.6 Å². The van der Waals surface area contributed by atoms with E-state index in [1.54, 1.807) is 12.1 Å². The minimum atomic E-state index is -0.338. The zero-order chi connectivity index (χ0) is 12.8. The first-order valence-electron chi connectivity index (χ1n) is 5.41. The third-order valence-electron chi connectivity index (χ3n) is 2.15. The lowest BCUT2D eigenvalue weighted by molar-refractivity contribution is -0.131. The molecule has 0 fully saturated rings. The number of aromatic hydroxyl groups is 1. The SMILES string of the molecule is O=C(CSc1ccccc1)Oc1cccc(O)c1. The zero-order valence-electron chi connectivity index (χ0n) is 9.58. The van der Waals surface area contributed by atoms with Gasteiger partial charge < -0.3 is 9.84 Å². The summed E-state index contributed by atoms with van der Waals surface area (Å²) in [7, 11) is 0. The van der Waals surface area contributed by atoms with Crippen LogP contribution in [0.1, 0.15) is 0 Å². The maximum atomic E-state index is 11.6. The van der Waals surface area contributed by atoms with Crippen LogP contribution in [-0.4, -0.2) is 16.8 Å². The van der Waals surface area contributed by atoms with Crippen molar-refractivity contribution in [2.45, 2.75) is 4.90 Å². The fourth-order valence-electron chi connectivity index (χ4n) is 1.37. The Balaban J connectivity index is 1.86. The number of carbonyl (C=O) groups excluding carboxylic acids is 1. The van der Waals surface area contributed by atoms with Gasteiger partial charge in [-0.25, -0.2) is 0 Å². The summed E-state index contributed by atoms with van der Waals surface area (Å²) in [6, 6.07) is 15.8. The van der Waals surface area contributed by atoms with E-state index in [9.17, 15) is 9.90 Å². The minimum absolute atomic E-state index is 0.0796. The number of ether oxygens (including phenoxy) is 1. The average Bonchev–Trinajstić information content (AvgIpc) is 2.38. The highest BCUT2D eigenvalue weighted by molar-refractivity contribution is 8.00. The molecular weight excluding hydrogens is 248 g/mol. The summed E-state index contributed by atoms with van der Waals surface area (Å²) in [5, 5.41) is 9.24. The van der Waals surface area contributed by atoms with E-state index in [0.29, 0.717) is 5.75 Å². The van der Waals surface area contributed by atoms with Crippen LogP contribution in [0.15, 0.2) is 59.5 Å². The second-order valence-corrected chi connectivity index (χ2v) is 4.62. The molecule has 2 aromatic rings.